The number of hydrogen-bond donors (Lipinski definition) is 4. The van der Waals surface area contributed by atoms with Crippen LogP contribution in [0.5, 0.6) is 11.5 Å². The van der Waals surface area contributed by atoms with Crippen LogP contribution in [-0.4, -0.2) is 165 Å². The van der Waals surface area contributed by atoms with Crippen LogP contribution in [0.4, 0.5) is 151 Å². The summed E-state index contributed by atoms with van der Waals surface area (Å²) in [6.07, 6.45) is 22.9. The Kier molecular flexibility index (Phi) is 51.4. The molecule has 0 saturated carbocycles. The van der Waals surface area contributed by atoms with Gasteiger partial charge in [-0.2, -0.15) is 0 Å². The summed E-state index contributed by atoms with van der Waals surface area (Å²) in [6.45, 7) is 13.3. The van der Waals surface area contributed by atoms with Gasteiger partial charge in [0.1, 0.15) is 24.7 Å². The Balaban J connectivity index is 0. The van der Waals surface area contributed by atoms with Gasteiger partial charge in [0.15, 0.2) is 37.9 Å². The summed E-state index contributed by atoms with van der Waals surface area (Å²) < 4.78 is 420. The van der Waals surface area contributed by atoms with E-state index in [1.54, 1.807) is 71.8 Å². The number of rotatable bonds is 8. The second-order valence-corrected chi connectivity index (χ2v) is 41.9. The van der Waals surface area contributed by atoms with Gasteiger partial charge in [-0.1, -0.05) is 71.3 Å². The number of ether oxygens (including phenoxy) is 10. The largest absolute Gasteiger partial charge is 2.00 e. The molecule has 804 valence electrons. The third kappa shape index (κ3) is 105. The van der Waals surface area contributed by atoms with E-state index in [1.165, 1.54) is 51.7 Å². The van der Waals surface area contributed by atoms with Crippen molar-refractivity contribution in [3.8, 4) is 33.8 Å². The van der Waals surface area contributed by atoms with Gasteiger partial charge in [0.25, 0.3) is 0 Å². The zero-order valence-electron chi connectivity index (χ0n) is 70.1. The van der Waals surface area contributed by atoms with Crippen LogP contribution >= 0.6 is 93.9 Å². The Hall–Kier alpha value is -5.28. The van der Waals surface area contributed by atoms with Crippen molar-refractivity contribution in [2.24, 2.45) is 22.9 Å². The number of benzene rings is 2. The van der Waals surface area contributed by atoms with Gasteiger partial charge in [-0.05, 0) is 93.7 Å². The molecule has 0 radical (unpaired) electrons. The van der Waals surface area contributed by atoms with Crippen LogP contribution in [0.15, 0.2) is 213 Å². The van der Waals surface area contributed by atoms with E-state index in [0.29, 0.717) is 145 Å². The summed E-state index contributed by atoms with van der Waals surface area (Å²) in [5, 5.41) is 6.32. The molecule has 68 heteroatoms. The average molecular weight is 2440 g/mol. The fourth-order valence-electron chi connectivity index (χ4n) is 8.47. The second-order valence-electron chi connectivity index (χ2n) is 25.9. The minimum Gasteiger partial charge on any atom is -0.329 e. The van der Waals surface area contributed by atoms with E-state index in [4.69, 9.17) is 70.3 Å². The van der Waals surface area contributed by atoms with Gasteiger partial charge in [-0.25, -0.2) is 9.13 Å². The van der Waals surface area contributed by atoms with Crippen LogP contribution in [0.3, 0.4) is 0 Å². The monoisotopic (exact) mass is 2440 g/mol. The van der Waals surface area contributed by atoms with E-state index in [1.807, 2.05) is 110 Å². The first kappa shape index (κ1) is 135. The quantitative estimate of drug-likeness (QED) is 0.0477. The minimum atomic E-state index is -10.7. The Morgan fingerprint density at radius 1 is 0.261 bits per heavy atom. The van der Waals surface area contributed by atoms with Gasteiger partial charge < -0.3 is 70.3 Å². The fraction of sp³-hybridized carbons (Fsp3) is 0.343. The molecule has 0 unspecified atom stereocenters. The predicted molar refractivity (Wildman–Crippen MR) is 459 cm³/mol. The van der Waals surface area contributed by atoms with Crippen molar-refractivity contribution < 1.29 is 248 Å². The number of aromatic nitrogens is 6. The molecule has 8 bridgehead atoms. The summed E-state index contributed by atoms with van der Waals surface area (Å²) in [5.74, 6) is 1.58. The molecule has 0 fully saturated rings. The number of thioether (sulfide) groups is 4. The predicted octanol–water partition coefficient (Wildman–Crippen LogP) is 29.6. The van der Waals surface area contributed by atoms with Gasteiger partial charge >= 0.3 is 239 Å². The molecule has 0 amide bonds. The van der Waals surface area contributed by atoms with Gasteiger partial charge in [0.2, 0.25) is 0 Å². The molecule has 3 aliphatic rings. The molecule has 3 aliphatic heterocycles. The molecule has 11 rings (SSSR count). The first-order chi connectivity index (χ1) is 61.2. The van der Waals surface area contributed by atoms with E-state index in [9.17, 15) is 151 Å². The van der Waals surface area contributed by atoms with Crippen molar-refractivity contribution >= 4 is 105 Å². The van der Waals surface area contributed by atoms with Crippen molar-refractivity contribution in [3.05, 3.63) is 224 Å². The molecule has 8 N–H and O–H groups in total. The third-order valence-electron chi connectivity index (χ3n) is 13.1. The molecule has 0 saturated heterocycles. The fourth-order valence-corrected chi connectivity index (χ4v) is 13.3. The molecular weight excluding hydrogens is 2350 g/mol. The van der Waals surface area contributed by atoms with Crippen molar-refractivity contribution in [2.75, 3.05) is 145 Å². The topological polar surface area (TPSA) is 256 Å². The first-order valence-corrected chi connectivity index (χ1v) is 52.8. The molecule has 20 nitrogen and oxygen atoms in total. The van der Waals surface area contributed by atoms with Crippen LogP contribution in [0.1, 0.15) is 11.1 Å². The standard InChI is InChI=1S/C34H44O10S4.C22H20N4.C10H8N2.2C2H8N2.6F6P.2Pd/c1-3-29-30-4-2-6-32(29)44-22-20-40-14-12-36-8-10-38-16-18-42-24-28-26-46-34(48-28)33-45-25-27(47-33)23-41-17-15-37-9-7-35-11-13-39-19-21-43-31(30)5-1;1-9-23-10-2-19(1)17-25-13-5-21(6-14-25)22-7-15-26(16-8-22)18-20-3-11-24-12-4-20;1-5-11-6-2-9(1)10-3-7-12-8-4-10;2*3-1-2-4;6*1-7(2,3,4,5)6;;/h1-6,25-26H,7-24H2;1-16H,17-18H2;1-8H;2*1-4H2;;;;;;;;/q;+2;;;;6*-1;2*+2. The molecule has 8 aromatic rings. The number of halogens is 36. The van der Waals surface area contributed by atoms with Crippen molar-refractivity contribution in [3.63, 3.8) is 0 Å². The summed E-state index contributed by atoms with van der Waals surface area (Å²) in [4.78, 5) is 18.5. The Labute approximate surface area is 807 Å². The zero-order chi connectivity index (χ0) is 104. The average Bonchev–Trinajstić information content (AvgIpc) is 1.03. The summed E-state index contributed by atoms with van der Waals surface area (Å²) >= 11 is 7.07. The van der Waals surface area contributed by atoms with E-state index in [-0.39, 0.29) is 40.8 Å². The number of fused-ring (bicyclic) bond motifs is 4. The van der Waals surface area contributed by atoms with Crippen molar-refractivity contribution in [1.82, 2.24) is 19.9 Å². The Morgan fingerprint density at radius 3 is 0.674 bits per heavy atom. The summed E-state index contributed by atoms with van der Waals surface area (Å²) in [5.41, 5.74) is 26.9. The molecule has 9 heterocycles. The summed E-state index contributed by atoms with van der Waals surface area (Å²) in [6, 6.07) is 36.6. The van der Waals surface area contributed by atoms with Crippen molar-refractivity contribution in [1.29, 1.82) is 0 Å². The molecule has 0 atom stereocenters. The summed E-state index contributed by atoms with van der Waals surface area (Å²) in [7, 11) is -63.9. The molecule has 0 aliphatic carbocycles. The van der Waals surface area contributed by atoms with Crippen LogP contribution < -0.4 is 41.5 Å². The van der Waals surface area contributed by atoms with Gasteiger partial charge in [-0.15, -0.1) is 0 Å². The molecule has 2 aromatic carbocycles. The zero-order valence-corrected chi connectivity index (χ0v) is 81.8. The van der Waals surface area contributed by atoms with E-state index < -0.39 is 46.9 Å². The smallest absolute Gasteiger partial charge is 0.329 e. The van der Waals surface area contributed by atoms with E-state index >= 15 is 0 Å². The molecular formula is C70H88F36N10O10P6Pd2S4. The van der Waals surface area contributed by atoms with Gasteiger partial charge in [-0.3, -0.25) is 19.9 Å². The van der Waals surface area contributed by atoms with Gasteiger partial charge in [0.05, 0.1) is 114 Å². The van der Waals surface area contributed by atoms with Crippen LogP contribution in [0, 0.1) is 0 Å². The van der Waals surface area contributed by atoms with Gasteiger partial charge in [0, 0.05) is 132 Å². The van der Waals surface area contributed by atoms with Crippen LogP contribution in [0.2, 0.25) is 0 Å². The first-order valence-electron chi connectivity index (χ1n) is 37.2. The number of nitrogens with two attached hydrogens (primary N) is 4. The maximum Gasteiger partial charge on any atom is 2.00 e. The maximum absolute atomic E-state index is 10.7. The molecule has 0 spiro atoms. The van der Waals surface area contributed by atoms with E-state index in [2.05, 4.69) is 88.9 Å². The molecule has 138 heavy (non-hydrogen) atoms. The molecule has 6 aromatic heterocycles. The van der Waals surface area contributed by atoms with Crippen LogP contribution in [0.25, 0.3) is 33.0 Å². The van der Waals surface area contributed by atoms with Crippen LogP contribution in [-0.2, 0) is 91.8 Å². The number of nitrogens with zero attached hydrogens (tertiary/aromatic N) is 6. The second kappa shape index (κ2) is 52.7. The minimum absolute atomic E-state index is 0. The SMILES string of the molecule is C1=C2COCCOCCOCCOCCOc3cccc4c(cccc34)OCCOCCOCCOCCOCC3=CSC(=C(S1)S2)S3.F[P-](F)(F)(F)(F)F.F[P-](F)(F)(F)(F)F.F[P-](F)(F)(F)(F)F.F[P-](F)(F)(F)(F)F.F[P-](F)(F)(F)(F)F.F[P-](F)(F)(F)(F)F.NCCN.NCCN.[Pd+2].[Pd+2].c1cc(-c2ccncc2)ccn1.c1cc(C[n+]2ccc(-c3cc[n+](Cc4ccncc4)cc3)cc2)ccn1. The third-order valence-corrected chi connectivity index (χ3v) is 18.4. The normalized spacial score (nSPS) is 17.9. The Morgan fingerprint density at radius 2 is 0.457 bits per heavy atom. The Bertz CT molecular complexity index is 4460. The number of hydrogen-bond acceptors (Lipinski definition) is 22. The van der Waals surface area contributed by atoms with Crippen molar-refractivity contribution in [2.45, 2.75) is 13.1 Å². The number of pyridine rings is 6. The van der Waals surface area contributed by atoms with E-state index in [0.717, 1.165) is 35.4 Å². The maximum atomic E-state index is 9.87.